The third-order valence-electron chi connectivity index (χ3n) is 5.13. The molecule has 3 aromatic heterocycles. The van der Waals surface area contributed by atoms with Gasteiger partial charge in [-0.05, 0) is 35.4 Å². The van der Waals surface area contributed by atoms with E-state index < -0.39 is 0 Å². The van der Waals surface area contributed by atoms with E-state index in [1.165, 1.54) is 11.0 Å². The van der Waals surface area contributed by atoms with E-state index in [9.17, 15) is 4.79 Å². The first-order valence-electron chi connectivity index (χ1n) is 8.63. The Morgan fingerprint density at radius 3 is 3.12 bits per heavy atom. The van der Waals surface area contributed by atoms with Crippen molar-refractivity contribution < 1.29 is 4.79 Å². The highest BCUT2D eigenvalue weighted by Gasteiger charge is 2.31. The molecule has 0 aliphatic carbocycles. The Bertz CT molecular complexity index is 890. The Balaban J connectivity index is 1.51. The van der Waals surface area contributed by atoms with Crippen LogP contribution in [0.2, 0.25) is 0 Å². The van der Waals surface area contributed by atoms with Gasteiger partial charge in [-0.2, -0.15) is 4.68 Å². The zero-order valence-electron chi connectivity index (χ0n) is 14.8. The molecule has 0 saturated carbocycles. The summed E-state index contributed by atoms with van der Waals surface area (Å²) >= 11 is 0. The quantitative estimate of drug-likeness (QED) is 0.671. The second kappa shape index (κ2) is 6.79. The Labute approximate surface area is 150 Å². The van der Waals surface area contributed by atoms with E-state index in [4.69, 9.17) is 0 Å². The molecule has 0 spiro atoms. The van der Waals surface area contributed by atoms with Gasteiger partial charge in [0.05, 0.1) is 11.9 Å². The van der Waals surface area contributed by atoms with Crippen molar-refractivity contribution in [3.05, 3.63) is 24.9 Å². The second-order valence-corrected chi connectivity index (χ2v) is 6.76. The first-order valence-corrected chi connectivity index (χ1v) is 8.63. The summed E-state index contributed by atoms with van der Waals surface area (Å²) in [7, 11) is 2.06. The van der Waals surface area contributed by atoms with Crippen molar-refractivity contribution in [1.29, 1.82) is 0 Å². The number of aromatic nitrogens is 7. The smallest absolute Gasteiger partial charge is 0.263 e. The molecular weight excluding hydrogens is 334 g/mol. The zero-order valence-corrected chi connectivity index (χ0v) is 14.8. The van der Waals surface area contributed by atoms with Gasteiger partial charge in [0.1, 0.15) is 24.1 Å². The molecule has 1 aliphatic heterocycles. The molecule has 0 amide bonds. The van der Waals surface area contributed by atoms with Gasteiger partial charge in [0, 0.05) is 25.8 Å². The summed E-state index contributed by atoms with van der Waals surface area (Å²) in [5.74, 6) is 1.27. The van der Waals surface area contributed by atoms with E-state index in [0.29, 0.717) is 12.5 Å². The van der Waals surface area contributed by atoms with E-state index in [2.05, 4.69) is 54.2 Å². The lowest BCUT2D eigenvalue weighted by Gasteiger charge is -2.41. The number of piperidine rings is 1. The molecule has 10 heteroatoms. The van der Waals surface area contributed by atoms with Crippen LogP contribution in [0.1, 0.15) is 18.1 Å². The third kappa shape index (κ3) is 3.03. The van der Waals surface area contributed by atoms with Gasteiger partial charge in [0.25, 0.3) is 5.91 Å². The number of carbonyl (C=O) groups excluding carboxylic acids is 1. The molecule has 1 aliphatic rings. The molecule has 10 nitrogen and oxygen atoms in total. The lowest BCUT2D eigenvalue weighted by molar-refractivity contribution is 0.0782. The van der Waals surface area contributed by atoms with Crippen LogP contribution in [0.4, 0.5) is 5.82 Å². The van der Waals surface area contributed by atoms with E-state index in [0.717, 1.165) is 36.4 Å². The fourth-order valence-electron chi connectivity index (χ4n) is 3.60. The Hall–Kier alpha value is -2.88. The first kappa shape index (κ1) is 16.6. The normalized spacial score (nSPS) is 21.2. The molecule has 4 rings (SSSR count). The predicted molar refractivity (Wildman–Crippen MR) is 94.7 cm³/mol. The molecule has 2 unspecified atom stereocenters. The lowest BCUT2D eigenvalue weighted by Crippen LogP contribution is -2.52. The largest absolute Gasteiger partial charge is 0.354 e. The molecule has 1 fully saturated rings. The van der Waals surface area contributed by atoms with Crippen LogP contribution in [0.15, 0.2) is 24.9 Å². The van der Waals surface area contributed by atoms with Gasteiger partial charge >= 0.3 is 0 Å². The van der Waals surface area contributed by atoms with Gasteiger partial charge in [-0.3, -0.25) is 9.69 Å². The summed E-state index contributed by atoms with van der Waals surface area (Å²) in [6.45, 7) is 4.20. The lowest BCUT2D eigenvalue weighted by atomic mass is 9.92. The third-order valence-corrected chi connectivity index (χ3v) is 5.13. The second-order valence-electron chi connectivity index (χ2n) is 6.76. The number of aromatic amines is 1. The van der Waals surface area contributed by atoms with Crippen LogP contribution in [-0.4, -0.2) is 78.7 Å². The number of H-pyrrole nitrogens is 1. The fourth-order valence-corrected chi connectivity index (χ4v) is 3.60. The molecule has 136 valence electrons. The molecule has 1 N–H and O–H groups in total. The van der Waals surface area contributed by atoms with Crippen molar-refractivity contribution in [2.24, 2.45) is 5.92 Å². The summed E-state index contributed by atoms with van der Waals surface area (Å²) in [4.78, 5) is 28.5. The van der Waals surface area contributed by atoms with Crippen molar-refractivity contribution in [2.75, 3.05) is 31.6 Å². The van der Waals surface area contributed by atoms with Gasteiger partial charge in [-0.25, -0.2) is 9.97 Å². The summed E-state index contributed by atoms with van der Waals surface area (Å²) in [6.07, 6.45) is 5.80. The van der Waals surface area contributed by atoms with Crippen LogP contribution in [-0.2, 0) is 0 Å². The number of anilines is 1. The summed E-state index contributed by atoms with van der Waals surface area (Å²) in [5.41, 5.74) is 0.830. The number of tetrazole rings is 1. The minimum absolute atomic E-state index is 0.124. The van der Waals surface area contributed by atoms with Crippen molar-refractivity contribution in [2.45, 2.75) is 19.4 Å². The highest BCUT2D eigenvalue weighted by atomic mass is 16.2. The highest BCUT2D eigenvalue weighted by molar-refractivity contribution is 5.87. The summed E-state index contributed by atoms with van der Waals surface area (Å²) in [6, 6.07) is 2.24. The molecule has 3 aromatic rings. The van der Waals surface area contributed by atoms with E-state index in [1.54, 1.807) is 6.33 Å². The van der Waals surface area contributed by atoms with Crippen molar-refractivity contribution in [3.63, 3.8) is 0 Å². The minimum Gasteiger partial charge on any atom is -0.354 e. The predicted octanol–water partition coefficient (Wildman–Crippen LogP) is 0.431. The number of fused-ring (bicyclic) bond motifs is 1. The van der Waals surface area contributed by atoms with Crippen LogP contribution in [0.5, 0.6) is 0 Å². The average Bonchev–Trinajstić information content (AvgIpc) is 3.34. The fraction of sp³-hybridized carbons (Fsp3) is 0.500. The number of nitrogens with one attached hydrogen (secondary N) is 1. The Kier molecular flexibility index (Phi) is 4.33. The first-order chi connectivity index (χ1) is 12.6. The van der Waals surface area contributed by atoms with Crippen molar-refractivity contribution in [1.82, 2.24) is 40.1 Å². The molecule has 0 radical (unpaired) electrons. The molecule has 0 bridgehead atoms. The molecular formula is C16H21N9O. The average molecular weight is 355 g/mol. The van der Waals surface area contributed by atoms with Gasteiger partial charge < -0.3 is 9.88 Å². The van der Waals surface area contributed by atoms with E-state index in [1.807, 2.05) is 12.3 Å². The standard InChI is InChI=1S/C16H21N9O/c1-11-4-6-24(8-14(26)25-10-20-21-22-25)7-13(11)23(2)16-12-3-5-17-15(12)18-9-19-16/h3,5,9-11,13H,4,6-8H2,1-2H3,(H,17,18,19). The van der Waals surface area contributed by atoms with Gasteiger partial charge in [0.15, 0.2) is 0 Å². The Morgan fingerprint density at radius 1 is 1.42 bits per heavy atom. The number of likely N-dealkylation sites (N-methyl/N-ethyl adjacent to an activating group) is 1. The van der Waals surface area contributed by atoms with Gasteiger partial charge in [-0.15, -0.1) is 5.10 Å². The summed E-state index contributed by atoms with van der Waals surface area (Å²) in [5, 5.41) is 11.7. The zero-order chi connectivity index (χ0) is 18.1. The van der Waals surface area contributed by atoms with Gasteiger partial charge in [0.2, 0.25) is 0 Å². The number of likely N-dealkylation sites (tertiary alicyclic amines) is 1. The molecule has 4 heterocycles. The number of hydrogen-bond donors (Lipinski definition) is 1. The SMILES string of the molecule is CC1CCN(CC(=O)n2cnnn2)CC1N(C)c1ncnc2[nH]ccc12. The topological polar surface area (TPSA) is 109 Å². The number of rotatable bonds is 4. The van der Waals surface area contributed by atoms with Crippen LogP contribution in [0.3, 0.4) is 0 Å². The molecule has 1 saturated heterocycles. The van der Waals surface area contributed by atoms with Crippen molar-refractivity contribution in [3.8, 4) is 0 Å². The monoisotopic (exact) mass is 355 g/mol. The molecule has 26 heavy (non-hydrogen) atoms. The maximum Gasteiger partial charge on any atom is 0.263 e. The molecule has 2 atom stereocenters. The van der Waals surface area contributed by atoms with Crippen LogP contribution >= 0.6 is 0 Å². The van der Waals surface area contributed by atoms with E-state index >= 15 is 0 Å². The van der Waals surface area contributed by atoms with Crippen LogP contribution < -0.4 is 4.90 Å². The van der Waals surface area contributed by atoms with Crippen LogP contribution in [0, 0.1) is 5.92 Å². The number of hydrogen-bond acceptors (Lipinski definition) is 8. The van der Waals surface area contributed by atoms with Gasteiger partial charge in [-0.1, -0.05) is 6.92 Å². The highest BCUT2D eigenvalue weighted by Crippen LogP contribution is 2.28. The maximum absolute atomic E-state index is 12.3. The maximum atomic E-state index is 12.3. The van der Waals surface area contributed by atoms with Crippen LogP contribution in [0.25, 0.3) is 11.0 Å². The van der Waals surface area contributed by atoms with E-state index in [-0.39, 0.29) is 11.9 Å². The van der Waals surface area contributed by atoms with Crippen molar-refractivity contribution >= 4 is 22.8 Å². The number of carbonyl (C=O) groups is 1. The summed E-state index contributed by atoms with van der Waals surface area (Å²) < 4.78 is 1.19. The Morgan fingerprint density at radius 2 is 2.31 bits per heavy atom. The molecule has 0 aromatic carbocycles. The minimum atomic E-state index is -0.124. The number of nitrogens with zero attached hydrogens (tertiary/aromatic N) is 8.